The number of ether oxygens (including phenoxy) is 1. The average Bonchev–Trinajstić information content (AvgIpc) is 2.61. The minimum atomic E-state index is -0.448. The molecule has 0 spiro atoms. The van der Waals surface area contributed by atoms with Crippen LogP contribution in [0.1, 0.15) is 26.3 Å². The lowest BCUT2D eigenvalue weighted by Crippen LogP contribution is -2.24. The van der Waals surface area contributed by atoms with E-state index in [-0.39, 0.29) is 12.4 Å². The van der Waals surface area contributed by atoms with E-state index in [4.69, 9.17) is 4.74 Å². The molecule has 0 aliphatic heterocycles. The summed E-state index contributed by atoms with van der Waals surface area (Å²) >= 11 is 0. The number of aromatic nitrogens is 3. The number of fused-ring (bicyclic) bond motifs is 1. The summed E-state index contributed by atoms with van der Waals surface area (Å²) in [6.45, 7) is 5.56. The summed E-state index contributed by atoms with van der Waals surface area (Å²) in [5, 5.41) is 3.99. The van der Waals surface area contributed by atoms with Crippen LogP contribution in [0.5, 0.6) is 0 Å². The lowest BCUT2D eigenvalue weighted by Gasteiger charge is -2.19. The van der Waals surface area contributed by atoms with Crippen LogP contribution in [0.2, 0.25) is 0 Å². The first-order chi connectivity index (χ1) is 7.94. The maximum atomic E-state index is 11.6. The number of nitrogens with zero attached hydrogens (tertiary/aromatic N) is 3. The minimum Gasteiger partial charge on any atom is -0.460 e. The Kier molecular flexibility index (Phi) is 2.83. The maximum Gasteiger partial charge on any atom is 0.310 e. The molecule has 0 bridgehead atoms. The number of hydrogen-bond acceptors (Lipinski definition) is 4. The van der Waals surface area contributed by atoms with Gasteiger partial charge in [0.1, 0.15) is 11.9 Å². The van der Waals surface area contributed by atoms with Crippen LogP contribution in [0.3, 0.4) is 0 Å². The molecule has 0 aromatic carbocycles. The summed E-state index contributed by atoms with van der Waals surface area (Å²) in [5.41, 5.74) is 1.15. The van der Waals surface area contributed by atoms with Gasteiger partial charge in [-0.05, 0) is 38.5 Å². The molecule has 0 radical (unpaired) electrons. The Bertz CT molecular complexity index is 540. The molecule has 2 aromatic rings. The average molecular weight is 233 g/mol. The van der Waals surface area contributed by atoms with Crippen LogP contribution in [0.25, 0.3) is 5.65 Å². The summed E-state index contributed by atoms with van der Waals surface area (Å²) in [6.07, 6.45) is 3.51. The van der Waals surface area contributed by atoms with E-state index >= 15 is 0 Å². The van der Waals surface area contributed by atoms with Crippen LogP contribution in [-0.2, 0) is 16.0 Å². The molecule has 90 valence electrons. The Morgan fingerprint density at radius 2 is 2.24 bits per heavy atom. The topological polar surface area (TPSA) is 56.5 Å². The van der Waals surface area contributed by atoms with E-state index < -0.39 is 5.60 Å². The SMILES string of the molecule is CC(C)(C)OC(=O)Cc1ccn2ncnc2c1. The highest BCUT2D eigenvalue weighted by Crippen LogP contribution is 2.11. The molecule has 2 aromatic heterocycles. The second kappa shape index (κ2) is 4.16. The Labute approximate surface area is 99.4 Å². The predicted octanol–water partition coefficient (Wildman–Crippen LogP) is 1.61. The lowest BCUT2D eigenvalue weighted by molar-refractivity contribution is -0.153. The summed E-state index contributed by atoms with van der Waals surface area (Å²) < 4.78 is 6.90. The van der Waals surface area contributed by atoms with Gasteiger partial charge in [-0.15, -0.1) is 0 Å². The van der Waals surface area contributed by atoms with Crippen LogP contribution in [0.15, 0.2) is 24.7 Å². The smallest absolute Gasteiger partial charge is 0.310 e. The second-order valence-electron chi connectivity index (χ2n) is 4.86. The molecule has 0 N–H and O–H groups in total. The molecule has 0 atom stereocenters. The molecule has 5 heteroatoms. The predicted molar refractivity (Wildman–Crippen MR) is 62.5 cm³/mol. The van der Waals surface area contributed by atoms with Gasteiger partial charge in [0.25, 0.3) is 0 Å². The molecule has 0 unspecified atom stereocenters. The number of esters is 1. The Morgan fingerprint density at radius 3 is 2.94 bits per heavy atom. The molecule has 2 rings (SSSR count). The van der Waals surface area contributed by atoms with Crippen molar-refractivity contribution in [3.05, 3.63) is 30.2 Å². The zero-order valence-corrected chi connectivity index (χ0v) is 10.2. The van der Waals surface area contributed by atoms with Gasteiger partial charge in [-0.3, -0.25) is 4.79 Å². The normalized spacial score (nSPS) is 11.7. The van der Waals surface area contributed by atoms with E-state index in [0.717, 1.165) is 11.2 Å². The van der Waals surface area contributed by atoms with Gasteiger partial charge in [0.15, 0.2) is 5.65 Å². The van der Waals surface area contributed by atoms with Crippen molar-refractivity contribution in [2.75, 3.05) is 0 Å². The van der Waals surface area contributed by atoms with Crippen LogP contribution >= 0.6 is 0 Å². The van der Waals surface area contributed by atoms with Gasteiger partial charge < -0.3 is 4.74 Å². The van der Waals surface area contributed by atoms with Crippen molar-refractivity contribution < 1.29 is 9.53 Å². The van der Waals surface area contributed by atoms with Crippen molar-refractivity contribution in [3.8, 4) is 0 Å². The molecule has 5 nitrogen and oxygen atoms in total. The van der Waals surface area contributed by atoms with Gasteiger partial charge in [0.2, 0.25) is 0 Å². The van der Waals surface area contributed by atoms with Crippen molar-refractivity contribution in [3.63, 3.8) is 0 Å². The highest BCUT2D eigenvalue weighted by atomic mass is 16.6. The molecule has 0 aliphatic rings. The highest BCUT2D eigenvalue weighted by molar-refractivity contribution is 5.73. The number of pyridine rings is 1. The molecule has 0 fully saturated rings. The fourth-order valence-corrected chi connectivity index (χ4v) is 1.51. The van der Waals surface area contributed by atoms with Crippen LogP contribution in [0.4, 0.5) is 0 Å². The van der Waals surface area contributed by atoms with Crippen molar-refractivity contribution in [1.29, 1.82) is 0 Å². The summed E-state index contributed by atoms with van der Waals surface area (Å²) in [6, 6.07) is 3.67. The number of carbonyl (C=O) groups is 1. The summed E-state index contributed by atoms with van der Waals surface area (Å²) in [4.78, 5) is 15.7. The Hall–Kier alpha value is -1.91. The van der Waals surface area contributed by atoms with Gasteiger partial charge in [0, 0.05) is 6.20 Å². The molecule has 0 saturated heterocycles. The molecule has 2 heterocycles. The number of rotatable bonds is 2. The first kappa shape index (κ1) is 11.6. The second-order valence-corrected chi connectivity index (χ2v) is 4.86. The monoisotopic (exact) mass is 233 g/mol. The van der Waals surface area contributed by atoms with Crippen molar-refractivity contribution >= 4 is 11.6 Å². The van der Waals surface area contributed by atoms with Crippen LogP contribution in [-0.4, -0.2) is 26.2 Å². The Balaban J connectivity index is 2.10. The summed E-state index contributed by atoms with van der Waals surface area (Å²) in [7, 11) is 0. The largest absolute Gasteiger partial charge is 0.460 e. The molecular weight excluding hydrogens is 218 g/mol. The van der Waals surface area contributed by atoms with E-state index in [2.05, 4.69) is 10.1 Å². The zero-order chi connectivity index (χ0) is 12.5. The van der Waals surface area contributed by atoms with Gasteiger partial charge in [-0.1, -0.05) is 0 Å². The van der Waals surface area contributed by atoms with Gasteiger partial charge in [0.05, 0.1) is 6.42 Å². The first-order valence-electron chi connectivity index (χ1n) is 5.44. The van der Waals surface area contributed by atoms with E-state index in [1.165, 1.54) is 6.33 Å². The van der Waals surface area contributed by atoms with E-state index in [0.29, 0.717) is 0 Å². The third kappa shape index (κ3) is 3.03. The van der Waals surface area contributed by atoms with Crippen molar-refractivity contribution in [1.82, 2.24) is 14.6 Å². The first-order valence-corrected chi connectivity index (χ1v) is 5.44. The molecule has 0 saturated carbocycles. The molecule has 0 aliphatic carbocycles. The maximum absolute atomic E-state index is 11.6. The van der Waals surface area contributed by atoms with Gasteiger partial charge >= 0.3 is 5.97 Å². The van der Waals surface area contributed by atoms with Crippen molar-refractivity contribution in [2.45, 2.75) is 32.8 Å². The van der Waals surface area contributed by atoms with Crippen molar-refractivity contribution in [2.24, 2.45) is 0 Å². The lowest BCUT2D eigenvalue weighted by atomic mass is 10.1. The number of hydrogen-bond donors (Lipinski definition) is 0. The molecular formula is C12H15N3O2. The molecule has 0 amide bonds. The van der Waals surface area contributed by atoms with E-state index in [1.54, 1.807) is 10.7 Å². The zero-order valence-electron chi connectivity index (χ0n) is 10.2. The summed E-state index contributed by atoms with van der Waals surface area (Å²) in [5.74, 6) is -0.235. The standard InChI is InChI=1S/C12H15N3O2/c1-12(2,3)17-11(16)7-9-4-5-15-10(6-9)13-8-14-15/h4-6,8H,7H2,1-3H3. The highest BCUT2D eigenvalue weighted by Gasteiger charge is 2.16. The minimum absolute atomic E-state index is 0.235. The van der Waals surface area contributed by atoms with Crippen LogP contribution < -0.4 is 0 Å². The quantitative estimate of drug-likeness (QED) is 0.739. The van der Waals surface area contributed by atoms with E-state index in [1.807, 2.05) is 32.9 Å². The number of carbonyl (C=O) groups excluding carboxylic acids is 1. The van der Waals surface area contributed by atoms with Gasteiger partial charge in [-0.25, -0.2) is 9.50 Å². The van der Waals surface area contributed by atoms with Crippen LogP contribution in [0, 0.1) is 0 Å². The third-order valence-electron chi connectivity index (χ3n) is 2.11. The fraction of sp³-hybridized carbons (Fsp3) is 0.417. The fourth-order valence-electron chi connectivity index (χ4n) is 1.51. The van der Waals surface area contributed by atoms with E-state index in [9.17, 15) is 4.79 Å². The third-order valence-corrected chi connectivity index (χ3v) is 2.11. The Morgan fingerprint density at radius 1 is 1.47 bits per heavy atom. The van der Waals surface area contributed by atoms with Gasteiger partial charge in [-0.2, -0.15) is 5.10 Å². The molecule has 17 heavy (non-hydrogen) atoms.